The quantitative estimate of drug-likeness (QED) is 0.382. The first-order valence-corrected chi connectivity index (χ1v) is 10.2. The van der Waals surface area contributed by atoms with Crippen LogP contribution < -0.4 is 14.4 Å². The van der Waals surface area contributed by atoms with Crippen molar-refractivity contribution in [2.45, 2.75) is 12.5 Å². The minimum absolute atomic E-state index is 0.0555. The molecule has 2 aromatic rings. The Morgan fingerprint density at radius 3 is 2.35 bits per heavy atom. The highest BCUT2D eigenvalue weighted by Gasteiger charge is 2.47. The summed E-state index contributed by atoms with van der Waals surface area (Å²) in [6.45, 7) is 1.22. The highest BCUT2D eigenvalue weighted by molar-refractivity contribution is 6.46. The Balaban J connectivity index is 2.18. The van der Waals surface area contributed by atoms with Crippen molar-refractivity contribution in [3.8, 4) is 11.5 Å². The monoisotopic (exact) mass is 425 g/mol. The summed E-state index contributed by atoms with van der Waals surface area (Å²) < 4.78 is 11.0. The first-order chi connectivity index (χ1) is 14.9. The van der Waals surface area contributed by atoms with Gasteiger partial charge in [-0.3, -0.25) is 9.59 Å². The third-order valence-corrected chi connectivity index (χ3v) is 5.39. The molecule has 7 nitrogen and oxygen atoms in total. The number of carbonyl (C=O) groups is 2. The molecule has 1 aliphatic heterocycles. The number of likely N-dealkylation sites (tertiary alicyclic amines) is 1. The highest BCUT2D eigenvalue weighted by Crippen LogP contribution is 2.45. The van der Waals surface area contributed by atoms with E-state index in [1.54, 1.807) is 42.5 Å². The summed E-state index contributed by atoms with van der Waals surface area (Å²) in [6, 6.07) is 13.3. The van der Waals surface area contributed by atoms with Gasteiger partial charge in [0.05, 0.1) is 46.5 Å². The molecule has 1 fully saturated rings. The molecular weight excluding hydrogens is 396 g/mol. The number of nitrogens with one attached hydrogen (secondary N) is 1. The number of carbonyl (C=O) groups excluding carboxylic acids is 2. The van der Waals surface area contributed by atoms with Crippen molar-refractivity contribution < 1.29 is 29.1 Å². The minimum atomic E-state index is -0.776. The average Bonchev–Trinajstić information content (AvgIpc) is 3.03. The number of para-hydroxylation sites is 1. The molecule has 7 heteroatoms. The Bertz CT molecular complexity index is 985. The number of ketones is 1. The normalized spacial score (nSPS) is 18.0. The van der Waals surface area contributed by atoms with E-state index >= 15 is 0 Å². The van der Waals surface area contributed by atoms with Crippen LogP contribution in [0.2, 0.25) is 0 Å². The number of nitrogens with zero attached hydrogens (tertiary/aromatic N) is 1. The SMILES string of the molecule is COc1cccc([C@H]2C(=C(O)c3ccccc3)C(=O)C(=O)N2CCC[NH+](C)C)c1OC. The van der Waals surface area contributed by atoms with Gasteiger partial charge in [0.2, 0.25) is 0 Å². The van der Waals surface area contributed by atoms with Crippen molar-refractivity contribution in [3.05, 3.63) is 65.2 Å². The lowest BCUT2D eigenvalue weighted by atomic mass is 9.94. The van der Waals surface area contributed by atoms with Gasteiger partial charge in [-0.1, -0.05) is 42.5 Å². The van der Waals surface area contributed by atoms with Crippen LogP contribution in [0.5, 0.6) is 11.5 Å². The van der Waals surface area contributed by atoms with Crippen LogP contribution in [0.3, 0.4) is 0 Å². The van der Waals surface area contributed by atoms with E-state index in [0.717, 1.165) is 6.54 Å². The second-order valence-electron chi connectivity index (χ2n) is 7.75. The summed E-state index contributed by atoms with van der Waals surface area (Å²) >= 11 is 0. The molecule has 0 radical (unpaired) electrons. The Morgan fingerprint density at radius 1 is 1.03 bits per heavy atom. The van der Waals surface area contributed by atoms with Gasteiger partial charge in [0.25, 0.3) is 11.7 Å². The number of amides is 1. The zero-order valence-electron chi connectivity index (χ0n) is 18.3. The average molecular weight is 426 g/mol. The smallest absolute Gasteiger partial charge is 0.295 e. The lowest BCUT2D eigenvalue weighted by Crippen LogP contribution is -3.05. The number of aliphatic hydroxyl groups excluding tert-OH is 1. The Morgan fingerprint density at radius 2 is 1.74 bits per heavy atom. The number of hydrogen-bond acceptors (Lipinski definition) is 5. The molecule has 0 aliphatic carbocycles. The lowest BCUT2D eigenvalue weighted by Gasteiger charge is -2.27. The van der Waals surface area contributed by atoms with Crippen molar-refractivity contribution in [2.75, 3.05) is 41.4 Å². The minimum Gasteiger partial charge on any atom is -0.507 e. The van der Waals surface area contributed by atoms with E-state index in [4.69, 9.17) is 9.47 Å². The molecule has 2 aromatic carbocycles. The molecule has 0 saturated carbocycles. The van der Waals surface area contributed by atoms with Crippen LogP contribution in [0.15, 0.2) is 54.1 Å². The van der Waals surface area contributed by atoms with Gasteiger partial charge in [0.1, 0.15) is 5.76 Å². The number of quaternary nitrogens is 1. The molecule has 0 bridgehead atoms. The molecule has 1 atom stereocenters. The Labute approximate surface area is 182 Å². The Hall–Kier alpha value is -3.32. The van der Waals surface area contributed by atoms with E-state index in [2.05, 4.69) is 0 Å². The number of hydrogen-bond donors (Lipinski definition) is 2. The third-order valence-electron chi connectivity index (χ3n) is 5.39. The van der Waals surface area contributed by atoms with E-state index in [1.807, 2.05) is 20.2 Å². The maximum Gasteiger partial charge on any atom is 0.295 e. The van der Waals surface area contributed by atoms with Crippen molar-refractivity contribution in [2.24, 2.45) is 0 Å². The molecule has 2 N–H and O–H groups in total. The molecule has 164 valence electrons. The number of benzene rings is 2. The predicted molar refractivity (Wildman–Crippen MR) is 117 cm³/mol. The van der Waals surface area contributed by atoms with Crippen molar-refractivity contribution in [1.82, 2.24) is 4.90 Å². The number of Topliss-reactive ketones (excluding diaryl/α,β-unsaturated/α-hetero) is 1. The number of methoxy groups -OCH3 is 2. The van der Waals surface area contributed by atoms with Crippen LogP contribution in [0.25, 0.3) is 5.76 Å². The molecule has 3 rings (SSSR count). The van der Waals surface area contributed by atoms with Gasteiger partial charge in [-0.25, -0.2) is 0 Å². The molecule has 0 unspecified atom stereocenters. The summed E-state index contributed by atoms with van der Waals surface area (Å²) in [4.78, 5) is 28.9. The molecule has 31 heavy (non-hydrogen) atoms. The van der Waals surface area contributed by atoms with E-state index in [-0.39, 0.29) is 11.3 Å². The summed E-state index contributed by atoms with van der Waals surface area (Å²) in [5.41, 5.74) is 1.13. The van der Waals surface area contributed by atoms with Crippen LogP contribution in [0.4, 0.5) is 0 Å². The van der Waals surface area contributed by atoms with Gasteiger partial charge in [0, 0.05) is 24.1 Å². The van der Waals surface area contributed by atoms with Gasteiger partial charge >= 0.3 is 0 Å². The summed E-state index contributed by atoms with van der Waals surface area (Å²) in [7, 11) is 7.11. The van der Waals surface area contributed by atoms with Crippen LogP contribution >= 0.6 is 0 Å². The zero-order valence-corrected chi connectivity index (χ0v) is 18.3. The fourth-order valence-electron chi connectivity index (χ4n) is 3.92. The predicted octanol–water partition coefficient (Wildman–Crippen LogP) is 1.66. The van der Waals surface area contributed by atoms with E-state index in [0.29, 0.717) is 35.6 Å². The molecule has 0 spiro atoms. The van der Waals surface area contributed by atoms with E-state index < -0.39 is 17.7 Å². The van der Waals surface area contributed by atoms with Crippen molar-refractivity contribution >= 4 is 17.4 Å². The summed E-state index contributed by atoms with van der Waals surface area (Å²) in [5, 5.41) is 11.1. The standard InChI is InChI=1S/C24H28N2O5/c1-25(2)14-9-15-26-20(17-12-8-13-18(30-3)23(17)31-4)19(22(28)24(26)29)21(27)16-10-6-5-7-11-16/h5-8,10-13,20,27H,9,14-15H2,1-4H3/p+1/t20-/m0/s1. The van der Waals surface area contributed by atoms with Gasteiger partial charge in [-0.15, -0.1) is 0 Å². The fraction of sp³-hybridized carbons (Fsp3) is 0.333. The largest absolute Gasteiger partial charge is 0.507 e. The van der Waals surface area contributed by atoms with Crippen LogP contribution in [0.1, 0.15) is 23.6 Å². The van der Waals surface area contributed by atoms with E-state index in [9.17, 15) is 14.7 Å². The van der Waals surface area contributed by atoms with Gasteiger partial charge in [-0.05, 0) is 6.07 Å². The fourth-order valence-corrected chi connectivity index (χ4v) is 3.92. The molecule has 1 saturated heterocycles. The number of ether oxygens (including phenoxy) is 2. The second-order valence-corrected chi connectivity index (χ2v) is 7.75. The van der Waals surface area contributed by atoms with Crippen LogP contribution in [-0.4, -0.2) is 63.1 Å². The van der Waals surface area contributed by atoms with E-state index in [1.165, 1.54) is 24.0 Å². The zero-order chi connectivity index (χ0) is 22.5. The molecule has 1 heterocycles. The summed E-state index contributed by atoms with van der Waals surface area (Å²) in [5.74, 6) is -0.605. The maximum atomic E-state index is 13.1. The molecule has 1 amide bonds. The lowest BCUT2D eigenvalue weighted by molar-refractivity contribution is -0.858. The van der Waals surface area contributed by atoms with Gasteiger partial charge in [-0.2, -0.15) is 0 Å². The first-order valence-electron chi connectivity index (χ1n) is 10.2. The van der Waals surface area contributed by atoms with Crippen LogP contribution in [-0.2, 0) is 9.59 Å². The van der Waals surface area contributed by atoms with Gasteiger partial charge in [0.15, 0.2) is 11.5 Å². The van der Waals surface area contributed by atoms with Gasteiger partial charge < -0.3 is 24.4 Å². The first kappa shape index (κ1) is 22.4. The molecular formula is C24H29N2O5+. The molecule has 0 aromatic heterocycles. The Kier molecular flexibility index (Phi) is 6.97. The maximum absolute atomic E-state index is 13.1. The van der Waals surface area contributed by atoms with Crippen molar-refractivity contribution in [3.63, 3.8) is 0 Å². The number of rotatable bonds is 8. The molecule has 1 aliphatic rings. The summed E-state index contributed by atoms with van der Waals surface area (Å²) in [6.07, 6.45) is 0.712. The number of aliphatic hydroxyl groups is 1. The highest BCUT2D eigenvalue weighted by atomic mass is 16.5. The van der Waals surface area contributed by atoms with Crippen molar-refractivity contribution in [1.29, 1.82) is 0 Å². The second kappa shape index (κ2) is 9.66. The topological polar surface area (TPSA) is 80.5 Å². The third kappa shape index (κ3) is 4.41. The van der Waals surface area contributed by atoms with Crippen LogP contribution in [0, 0.1) is 0 Å².